The summed E-state index contributed by atoms with van der Waals surface area (Å²) in [6.45, 7) is 3.46. The highest BCUT2D eigenvalue weighted by Gasteiger charge is 2.26. The van der Waals surface area contributed by atoms with Crippen LogP contribution < -0.4 is 10.6 Å². The molecular weight excluding hydrogens is 256 g/mol. The third-order valence-electron chi connectivity index (χ3n) is 3.63. The van der Waals surface area contributed by atoms with Crippen LogP contribution in [0.3, 0.4) is 0 Å². The van der Waals surface area contributed by atoms with Gasteiger partial charge in [-0.1, -0.05) is 6.42 Å². The van der Waals surface area contributed by atoms with Gasteiger partial charge < -0.3 is 20.5 Å². The Morgan fingerprint density at radius 1 is 1.35 bits per heavy atom. The molecule has 1 aromatic rings. The van der Waals surface area contributed by atoms with E-state index in [0.29, 0.717) is 24.4 Å². The molecule has 112 valence electrons. The van der Waals surface area contributed by atoms with E-state index in [0.717, 1.165) is 37.4 Å². The summed E-state index contributed by atoms with van der Waals surface area (Å²) in [7, 11) is 1.63. The summed E-state index contributed by atoms with van der Waals surface area (Å²) < 4.78 is 5.11. The molecule has 1 heterocycles. The van der Waals surface area contributed by atoms with Crippen molar-refractivity contribution in [3.8, 4) is 0 Å². The number of aliphatic hydroxyl groups is 1. The third kappa shape index (κ3) is 3.80. The zero-order valence-corrected chi connectivity index (χ0v) is 12.2. The van der Waals surface area contributed by atoms with Crippen molar-refractivity contribution in [3.05, 3.63) is 11.9 Å². The van der Waals surface area contributed by atoms with E-state index in [-0.39, 0.29) is 6.61 Å². The number of ether oxygens (including phenoxy) is 1. The molecule has 0 bridgehead atoms. The molecule has 0 amide bonds. The van der Waals surface area contributed by atoms with Crippen LogP contribution in [0.25, 0.3) is 0 Å². The molecule has 1 aliphatic carbocycles. The quantitative estimate of drug-likeness (QED) is 0.704. The predicted molar refractivity (Wildman–Crippen MR) is 78.7 cm³/mol. The van der Waals surface area contributed by atoms with Gasteiger partial charge in [-0.05, 0) is 19.8 Å². The number of hydrogen-bond acceptors (Lipinski definition) is 6. The minimum absolute atomic E-state index is 0.230. The second kappa shape index (κ2) is 7.40. The number of nitrogens with one attached hydrogen (secondary N) is 2. The normalized spacial score (nSPS) is 21.9. The van der Waals surface area contributed by atoms with Crippen LogP contribution in [0, 0.1) is 5.92 Å². The highest BCUT2D eigenvalue weighted by atomic mass is 16.5. The van der Waals surface area contributed by atoms with Crippen LogP contribution in [0.5, 0.6) is 0 Å². The van der Waals surface area contributed by atoms with Crippen molar-refractivity contribution in [2.45, 2.75) is 38.8 Å². The van der Waals surface area contributed by atoms with Crippen LogP contribution in [-0.2, 0) is 11.3 Å². The smallest absolute Gasteiger partial charge is 0.158 e. The Balaban J connectivity index is 2.12. The van der Waals surface area contributed by atoms with Crippen LogP contribution in [0.4, 0.5) is 11.6 Å². The van der Waals surface area contributed by atoms with Gasteiger partial charge in [-0.2, -0.15) is 0 Å². The number of methoxy groups -OCH3 is 1. The maximum Gasteiger partial charge on any atom is 0.158 e. The van der Waals surface area contributed by atoms with Gasteiger partial charge in [-0.3, -0.25) is 0 Å². The van der Waals surface area contributed by atoms with E-state index in [1.807, 2.05) is 13.0 Å². The van der Waals surface area contributed by atoms with E-state index >= 15 is 0 Å². The zero-order chi connectivity index (χ0) is 14.4. The number of rotatable bonds is 7. The maximum atomic E-state index is 9.39. The third-order valence-corrected chi connectivity index (χ3v) is 3.63. The number of hydrogen-bond donors (Lipinski definition) is 3. The molecule has 1 fully saturated rings. The van der Waals surface area contributed by atoms with E-state index in [2.05, 4.69) is 20.6 Å². The molecule has 2 atom stereocenters. The molecule has 0 spiro atoms. The van der Waals surface area contributed by atoms with Gasteiger partial charge in [0, 0.05) is 38.3 Å². The van der Waals surface area contributed by atoms with E-state index in [1.54, 1.807) is 7.11 Å². The minimum Gasteiger partial charge on any atom is -0.396 e. The van der Waals surface area contributed by atoms with Crippen molar-refractivity contribution in [1.82, 2.24) is 9.97 Å². The summed E-state index contributed by atoms with van der Waals surface area (Å²) in [5.41, 5.74) is 0. The molecular formula is C14H24N4O2. The van der Waals surface area contributed by atoms with Gasteiger partial charge in [0.25, 0.3) is 0 Å². The monoisotopic (exact) mass is 280 g/mol. The summed E-state index contributed by atoms with van der Waals surface area (Å²) in [4.78, 5) is 8.86. The summed E-state index contributed by atoms with van der Waals surface area (Å²) >= 11 is 0. The molecule has 0 aromatic carbocycles. The summed E-state index contributed by atoms with van der Waals surface area (Å²) in [6.07, 6.45) is 3.30. The van der Waals surface area contributed by atoms with Crippen LogP contribution in [0.2, 0.25) is 0 Å². The van der Waals surface area contributed by atoms with Crippen LogP contribution in [0.1, 0.15) is 32.0 Å². The lowest BCUT2D eigenvalue weighted by Crippen LogP contribution is -2.27. The van der Waals surface area contributed by atoms with Gasteiger partial charge in [-0.15, -0.1) is 0 Å². The maximum absolute atomic E-state index is 9.39. The first-order chi connectivity index (χ1) is 9.76. The fourth-order valence-corrected chi connectivity index (χ4v) is 2.67. The largest absolute Gasteiger partial charge is 0.396 e. The van der Waals surface area contributed by atoms with Gasteiger partial charge in [0.15, 0.2) is 5.82 Å². The Labute approximate surface area is 120 Å². The Morgan fingerprint density at radius 3 is 2.85 bits per heavy atom. The summed E-state index contributed by atoms with van der Waals surface area (Å²) in [5, 5.41) is 16.0. The van der Waals surface area contributed by atoms with E-state index in [4.69, 9.17) is 4.74 Å². The lowest BCUT2D eigenvalue weighted by atomic mass is 10.1. The van der Waals surface area contributed by atoms with Crippen molar-refractivity contribution in [2.24, 2.45) is 5.92 Å². The van der Waals surface area contributed by atoms with E-state index in [9.17, 15) is 5.11 Å². The average Bonchev–Trinajstić information content (AvgIpc) is 2.86. The van der Waals surface area contributed by atoms with Crippen molar-refractivity contribution in [3.63, 3.8) is 0 Å². The van der Waals surface area contributed by atoms with Crippen molar-refractivity contribution < 1.29 is 9.84 Å². The molecule has 2 rings (SSSR count). The van der Waals surface area contributed by atoms with Gasteiger partial charge in [-0.25, -0.2) is 9.97 Å². The fourth-order valence-electron chi connectivity index (χ4n) is 2.67. The van der Waals surface area contributed by atoms with E-state index in [1.165, 1.54) is 0 Å². The van der Waals surface area contributed by atoms with Crippen molar-refractivity contribution in [1.29, 1.82) is 0 Å². The topological polar surface area (TPSA) is 79.3 Å². The molecule has 1 aromatic heterocycles. The number of aromatic nitrogens is 2. The van der Waals surface area contributed by atoms with Gasteiger partial charge in [0.2, 0.25) is 0 Å². The number of anilines is 2. The molecule has 0 radical (unpaired) electrons. The van der Waals surface area contributed by atoms with Crippen LogP contribution in [0.15, 0.2) is 6.07 Å². The van der Waals surface area contributed by atoms with Gasteiger partial charge in [0.05, 0.1) is 0 Å². The highest BCUT2D eigenvalue weighted by Crippen LogP contribution is 2.28. The molecule has 0 aliphatic heterocycles. The first-order valence-electron chi connectivity index (χ1n) is 7.25. The summed E-state index contributed by atoms with van der Waals surface area (Å²) in [5.74, 6) is 2.58. The first-order valence-corrected chi connectivity index (χ1v) is 7.25. The second-order valence-corrected chi connectivity index (χ2v) is 5.14. The number of aliphatic hydroxyl groups excluding tert-OH is 1. The summed E-state index contributed by atoms with van der Waals surface area (Å²) in [6, 6.07) is 2.20. The molecule has 0 saturated heterocycles. The molecule has 1 aliphatic rings. The Hall–Kier alpha value is -1.40. The predicted octanol–water partition coefficient (Wildman–Crippen LogP) is 1.63. The Morgan fingerprint density at radius 2 is 2.15 bits per heavy atom. The zero-order valence-electron chi connectivity index (χ0n) is 12.2. The lowest BCUT2D eigenvalue weighted by Gasteiger charge is -2.20. The lowest BCUT2D eigenvalue weighted by molar-refractivity contribution is 0.178. The standard InChI is InChI=1S/C14H24N4O2/c1-3-15-12-7-13(18-14(17-12)9-20-2)16-11-6-4-5-10(11)8-19/h7,10-11,19H,3-6,8-9H2,1-2H3,(H2,15,16,17,18). The van der Waals surface area contributed by atoms with E-state index < -0.39 is 0 Å². The van der Waals surface area contributed by atoms with Gasteiger partial charge in [0.1, 0.15) is 18.2 Å². The van der Waals surface area contributed by atoms with Crippen LogP contribution >= 0.6 is 0 Å². The van der Waals surface area contributed by atoms with Crippen molar-refractivity contribution in [2.75, 3.05) is 30.9 Å². The van der Waals surface area contributed by atoms with Crippen LogP contribution in [-0.4, -0.2) is 41.4 Å². The first kappa shape index (κ1) is 15.0. The molecule has 3 N–H and O–H groups in total. The number of nitrogens with zero attached hydrogens (tertiary/aromatic N) is 2. The average molecular weight is 280 g/mol. The SMILES string of the molecule is CCNc1cc(NC2CCCC2CO)nc(COC)n1. The highest BCUT2D eigenvalue weighted by molar-refractivity contribution is 5.48. The molecule has 20 heavy (non-hydrogen) atoms. The molecule has 6 heteroatoms. The molecule has 6 nitrogen and oxygen atoms in total. The second-order valence-electron chi connectivity index (χ2n) is 5.14. The molecule has 2 unspecified atom stereocenters. The Kier molecular flexibility index (Phi) is 5.55. The fraction of sp³-hybridized carbons (Fsp3) is 0.714. The van der Waals surface area contributed by atoms with Gasteiger partial charge >= 0.3 is 0 Å². The van der Waals surface area contributed by atoms with Crippen molar-refractivity contribution >= 4 is 11.6 Å². The minimum atomic E-state index is 0.230. The molecule has 1 saturated carbocycles. The Bertz CT molecular complexity index is 403.